The van der Waals surface area contributed by atoms with E-state index in [0.717, 1.165) is 11.1 Å². The molecule has 0 spiro atoms. The lowest BCUT2D eigenvalue weighted by atomic mass is 9.81. The molecule has 0 heterocycles. The van der Waals surface area contributed by atoms with Gasteiger partial charge in [0.05, 0.1) is 34.5 Å². The monoisotopic (exact) mass is 644 g/mol. The van der Waals surface area contributed by atoms with Gasteiger partial charge in [0.25, 0.3) is 0 Å². The first-order valence-electron chi connectivity index (χ1n) is 15.8. The predicted molar refractivity (Wildman–Crippen MR) is 182 cm³/mol. The quantitative estimate of drug-likeness (QED) is 0.0925. The summed E-state index contributed by atoms with van der Waals surface area (Å²) in [6.45, 7) is 18.8. The Morgan fingerprint density at radius 1 is 0.756 bits per heavy atom. The first kappa shape index (κ1) is 38.2. The Hall–Kier alpha value is -3.01. The van der Waals surface area contributed by atoms with Crippen LogP contribution in [0.2, 0.25) is 16.6 Å². The summed E-state index contributed by atoms with van der Waals surface area (Å²) in [7, 11) is 3.95. The molecule has 9 heteroatoms. The van der Waals surface area contributed by atoms with Crippen LogP contribution < -0.4 is 18.9 Å². The van der Waals surface area contributed by atoms with Crippen molar-refractivity contribution in [1.29, 1.82) is 0 Å². The number of hydrogen-bond donors (Lipinski definition) is 1. The molecule has 0 fully saturated rings. The Kier molecular flexibility index (Phi) is 14.9. The highest BCUT2D eigenvalue weighted by Gasteiger charge is 2.48. The normalized spacial score (nSPS) is 14.6. The number of ether oxygens (including phenoxy) is 5. The number of benzene rings is 2. The zero-order valence-corrected chi connectivity index (χ0v) is 30.2. The van der Waals surface area contributed by atoms with Gasteiger partial charge in [-0.05, 0) is 64.9 Å². The third-order valence-corrected chi connectivity index (χ3v) is 15.0. The maximum absolute atomic E-state index is 12.5. The number of carbonyl (C=O) groups is 1. The summed E-state index contributed by atoms with van der Waals surface area (Å²) in [5.41, 5.74) is 2.64. The molecule has 0 amide bonds. The molecule has 1 N–H and O–H groups in total. The summed E-state index contributed by atoms with van der Waals surface area (Å²) in [6, 6.07) is 11.4. The van der Waals surface area contributed by atoms with E-state index in [2.05, 4.69) is 48.1 Å². The first-order valence-corrected chi connectivity index (χ1v) is 18.0. The molecule has 0 aliphatic heterocycles. The standard InChI is InChI=1S/C36H56O8Si/c1-13-14-27(35(43-26(8)38)28-15-17-31(39-9)33(20-28)41-11)19-30(22-37)36(29-16-18-32(40-10)34(21-29)42-12)44-45(23(2)3,24(4)5)25(6)7/h13,15-18,20-21,23-25,27,30,35-37H,1,14,19,22H2,2-12H3/t27-,30-,35-,36+/m0/s1. The van der Waals surface area contributed by atoms with E-state index < -0.39 is 26.5 Å². The number of allylic oxidation sites excluding steroid dienone is 1. The average Bonchev–Trinajstić information content (AvgIpc) is 3.01. The van der Waals surface area contributed by atoms with Crippen molar-refractivity contribution in [3.05, 3.63) is 60.2 Å². The summed E-state index contributed by atoms with van der Waals surface area (Å²) >= 11 is 0. The zero-order chi connectivity index (χ0) is 33.9. The van der Waals surface area contributed by atoms with Crippen molar-refractivity contribution in [3.8, 4) is 23.0 Å². The molecule has 2 rings (SSSR count). The molecule has 0 bridgehead atoms. The van der Waals surface area contributed by atoms with Crippen LogP contribution in [-0.2, 0) is 14.0 Å². The molecule has 0 aromatic heterocycles. The third-order valence-electron chi connectivity index (χ3n) is 8.97. The lowest BCUT2D eigenvalue weighted by molar-refractivity contribution is -0.150. The summed E-state index contributed by atoms with van der Waals surface area (Å²) in [5.74, 6) is 1.37. The van der Waals surface area contributed by atoms with Gasteiger partial charge in [-0.2, -0.15) is 0 Å². The molecule has 0 saturated heterocycles. The van der Waals surface area contributed by atoms with Crippen molar-refractivity contribution in [3.63, 3.8) is 0 Å². The molecule has 45 heavy (non-hydrogen) atoms. The predicted octanol–water partition coefficient (Wildman–Crippen LogP) is 8.45. The molecule has 8 nitrogen and oxygen atoms in total. The van der Waals surface area contributed by atoms with Crippen LogP contribution in [0.1, 0.15) is 84.6 Å². The Balaban J connectivity index is 2.75. The van der Waals surface area contributed by atoms with Crippen molar-refractivity contribution < 1.29 is 38.0 Å². The molecule has 0 aliphatic carbocycles. The van der Waals surface area contributed by atoms with Crippen molar-refractivity contribution in [2.75, 3.05) is 35.0 Å². The van der Waals surface area contributed by atoms with Gasteiger partial charge in [-0.3, -0.25) is 4.79 Å². The summed E-state index contributed by atoms with van der Waals surface area (Å²) in [6.07, 6.45) is 1.79. The molecule has 4 atom stereocenters. The SMILES string of the molecule is C=CC[C@@H](C[C@@H](CO)[C@H](O[Si](C(C)C)(C(C)C)C(C)C)c1ccc(OC)c(OC)c1)[C@H](OC(C)=O)c1ccc(OC)c(OC)c1. The smallest absolute Gasteiger partial charge is 0.303 e. The zero-order valence-electron chi connectivity index (χ0n) is 29.2. The summed E-state index contributed by atoms with van der Waals surface area (Å²) < 4.78 is 35.7. The Morgan fingerprint density at radius 2 is 1.20 bits per heavy atom. The number of aliphatic hydroxyl groups is 1. The number of carbonyl (C=O) groups excluding carboxylic acids is 1. The Bertz CT molecular complexity index is 1210. The molecular weight excluding hydrogens is 588 g/mol. The molecule has 0 radical (unpaired) electrons. The maximum Gasteiger partial charge on any atom is 0.303 e. The summed E-state index contributed by atoms with van der Waals surface area (Å²) in [4.78, 5) is 12.5. The van der Waals surface area contributed by atoms with E-state index in [-0.39, 0.29) is 18.4 Å². The van der Waals surface area contributed by atoms with Crippen LogP contribution in [0.3, 0.4) is 0 Å². The van der Waals surface area contributed by atoms with E-state index in [1.54, 1.807) is 28.4 Å². The highest BCUT2D eigenvalue weighted by atomic mass is 28.4. The highest BCUT2D eigenvalue weighted by molar-refractivity contribution is 6.77. The highest BCUT2D eigenvalue weighted by Crippen LogP contribution is 2.49. The van der Waals surface area contributed by atoms with Gasteiger partial charge in [0.15, 0.2) is 23.0 Å². The Labute approximate surface area is 272 Å². The van der Waals surface area contributed by atoms with Gasteiger partial charge >= 0.3 is 5.97 Å². The molecule has 2 aromatic carbocycles. The second-order valence-electron chi connectivity index (χ2n) is 12.6. The molecule has 0 unspecified atom stereocenters. The van der Waals surface area contributed by atoms with E-state index in [0.29, 0.717) is 52.5 Å². The number of hydrogen-bond acceptors (Lipinski definition) is 8. The van der Waals surface area contributed by atoms with Crippen molar-refractivity contribution >= 4 is 14.3 Å². The largest absolute Gasteiger partial charge is 0.493 e. The molecule has 0 aliphatic rings. The average molecular weight is 645 g/mol. The van der Waals surface area contributed by atoms with Crippen LogP contribution in [0.4, 0.5) is 0 Å². The number of aliphatic hydroxyl groups excluding tert-OH is 1. The van der Waals surface area contributed by atoms with E-state index >= 15 is 0 Å². The number of methoxy groups -OCH3 is 4. The van der Waals surface area contributed by atoms with Gasteiger partial charge in [-0.25, -0.2) is 0 Å². The van der Waals surface area contributed by atoms with E-state index in [9.17, 15) is 9.90 Å². The molecule has 2 aromatic rings. The van der Waals surface area contributed by atoms with Crippen molar-refractivity contribution in [2.24, 2.45) is 11.8 Å². The number of esters is 1. The lowest BCUT2D eigenvalue weighted by Crippen LogP contribution is -2.49. The lowest BCUT2D eigenvalue weighted by Gasteiger charge is -2.46. The fourth-order valence-corrected chi connectivity index (χ4v) is 12.6. The van der Waals surface area contributed by atoms with Crippen LogP contribution in [-0.4, -0.2) is 54.4 Å². The second kappa shape index (κ2) is 17.6. The Morgan fingerprint density at radius 3 is 1.56 bits per heavy atom. The van der Waals surface area contributed by atoms with Gasteiger partial charge in [-0.15, -0.1) is 6.58 Å². The van der Waals surface area contributed by atoms with Crippen molar-refractivity contribution in [2.45, 2.75) is 90.1 Å². The van der Waals surface area contributed by atoms with Gasteiger partial charge in [0.1, 0.15) is 6.10 Å². The minimum Gasteiger partial charge on any atom is -0.493 e. The fraction of sp³-hybridized carbons (Fsp3) is 0.583. The van der Waals surface area contributed by atoms with Crippen molar-refractivity contribution in [1.82, 2.24) is 0 Å². The second-order valence-corrected chi connectivity index (χ2v) is 18.0. The van der Waals surface area contributed by atoms with Crippen LogP contribution in [0.25, 0.3) is 0 Å². The van der Waals surface area contributed by atoms with Crippen LogP contribution in [0, 0.1) is 11.8 Å². The van der Waals surface area contributed by atoms with Gasteiger partial charge < -0.3 is 33.2 Å². The molecule has 0 saturated carbocycles. The van der Waals surface area contributed by atoms with Crippen LogP contribution in [0.15, 0.2) is 49.1 Å². The van der Waals surface area contributed by atoms with Crippen LogP contribution in [0.5, 0.6) is 23.0 Å². The minimum absolute atomic E-state index is 0.135. The third kappa shape index (κ3) is 9.05. The maximum atomic E-state index is 12.5. The van der Waals surface area contributed by atoms with E-state index in [1.165, 1.54) is 6.92 Å². The van der Waals surface area contributed by atoms with Crippen LogP contribution >= 0.6 is 0 Å². The van der Waals surface area contributed by atoms with Gasteiger partial charge in [0.2, 0.25) is 8.32 Å². The first-order chi connectivity index (χ1) is 21.3. The van der Waals surface area contributed by atoms with E-state index in [4.69, 9.17) is 28.1 Å². The topological polar surface area (TPSA) is 92.7 Å². The van der Waals surface area contributed by atoms with Gasteiger partial charge in [-0.1, -0.05) is 59.8 Å². The minimum atomic E-state index is -2.43. The molecular formula is C36H56O8Si. The summed E-state index contributed by atoms with van der Waals surface area (Å²) in [5, 5.41) is 11.1. The fourth-order valence-electron chi connectivity index (χ4n) is 6.98. The molecule has 252 valence electrons. The van der Waals surface area contributed by atoms with Gasteiger partial charge in [0, 0.05) is 25.4 Å². The van der Waals surface area contributed by atoms with E-state index in [1.807, 2.05) is 42.5 Å². The number of rotatable bonds is 19.